The zero-order valence-electron chi connectivity index (χ0n) is 11.9. The van der Waals surface area contributed by atoms with Gasteiger partial charge in [0.2, 0.25) is 5.91 Å². The molecule has 21 heavy (non-hydrogen) atoms. The third kappa shape index (κ3) is 3.05. The van der Waals surface area contributed by atoms with Crippen LogP contribution < -0.4 is 10.6 Å². The van der Waals surface area contributed by atoms with Gasteiger partial charge in [0.05, 0.1) is 27.0 Å². The minimum Gasteiger partial charge on any atom is -0.322 e. The second kappa shape index (κ2) is 6.30. The molecule has 2 heterocycles. The molecule has 0 spiro atoms. The van der Waals surface area contributed by atoms with Crippen molar-refractivity contribution in [2.75, 3.05) is 11.9 Å². The van der Waals surface area contributed by atoms with Crippen LogP contribution in [0.4, 0.5) is 5.69 Å². The van der Waals surface area contributed by atoms with Gasteiger partial charge in [0.1, 0.15) is 5.52 Å². The maximum atomic E-state index is 12.5. The van der Waals surface area contributed by atoms with E-state index in [4.69, 9.17) is 11.6 Å². The normalized spacial score (nSPS) is 22.4. The van der Waals surface area contributed by atoms with Gasteiger partial charge in [-0.1, -0.05) is 24.9 Å². The molecule has 3 rings (SSSR count). The summed E-state index contributed by atoms with van der Waals surface area (Å²) in [5, 5.41) is 6.79. The second-order valence-corrected chi connectivity index (χ2v) is 6.71. The van der Waals surface area contributed by atoms with Crippen LogP contribution in [0.5, 0.6) is 0 Å². The van der Waals surface area contributed by atoms with Crippen LogP contribution in [0, 0.1) is 5.92 Å². The van der Waals surface area contributed by atoms with Crippen molar-refractivity contribution < 1.29 is 4.79 Å². The molecule has 112 valence electrons. The molecule has 2 aromatic rings. The molecule has 0 aliphatic carbocycles. The summed E-state index contributed by atoms with van der Waals surface area (Å²) in [6.45, 7) is 3.07. The predicted octanol–water partition coefficient (Wildman–Crippen LogP) is 3.67. The van der Waals surface area contributed by atoms with E-state index in [1.807, 2.05) is 6.07 Å². The number of benzene rings is 1. The molecule has 0 saturated carbocycles. The van der Waals surface area contributed by atoms with Gasteiger partial charge in [-0.15, -0.1) is 11.3 Å². The molecule has 1 aromatic heterocycles. The average Bonchev–Trinajstić information content (AvgIpc) is 2.99. The van der Waals surface area contributed by atoms with Crippen molar-refractivity contribution in [1.82, 2.24) is 10.3 Å². The number of halogens is 1. The van der Waals surface area contributed by atoms with E-state index in [1.165, 1.54) is 0 Å². The molecule has 6 heteroatoms. The van der Waals surface area contributed by atoms with E-state index in [2.05, 4.69) is 22.5 Å². The number of thiazole rings is 1. The Morgan fingerprint density at radius 2 is 2.43 bits per heavy atom. The highest BCUT2D eigenvalue weighted by molar-refractivity contribution is 7.16. The molecule has 2 atom stereocenters. The largest absolute Gasteiger partial charge is 0.322 e. The third-order valence-electron chi connectivity index (χ3n) is 4.11. The highest BCUT2D eigenvalue weighted by Gasteiger charge is 2.26. The van der Waals surface area contributed by atoms with Crippen LogP contribution in [0.2, 0.25) is 5.02 Å². The van der Waals surface area contributed by atoms with Crippen LogP contribution >= 0.6 is 22.9 Å². The first-order valence-electron chi connectivity index (χ1n) is 7.25. The van der Waals surface area contributed by atoms with Crippen LogP contribution in [-0.4, -0.2) is 23.5 Å². The van der Waals surface area contributed by atoms with Gasteiger partial charge >= 0.3 is 0 Å². The molecule has 1 saturated heterocycles. The predicted molar refractivity (Wildman–Crippen MR) is 88.1 cm³/mol. The standard InChI is InChI=1S/C15H18ClN3OS/c1-2-9-5-6-17-11(7-9)15(20)19-13-10(16)3-4-12-14(13)18-8-21-12/h3-4,8-9,11,17H,2,5-7H2,1H3,(H,19,20). The number of rotatable bonds is 3. The Morgan fingerprint density at radius 3 is 3.24 bits per heavy atom. The molecule has 4 nitrogen and oxygen atoms in total. The summed E-state index contributed by atoms with van der Waals surface area (Å²) in [5.74, 6) is 0.600. The fourth-order valence-electron chi connectivity index (χ4n) is 2.80. The minimum atomic E-state index is -0.145. The zero-order chi connectivity index (χ0) is 14.8. The van der Waals surface area contributed by atoms with Crippen molar-refractivity contribution in [1.29, 1.82) is 0 Å². The molecular formula is C15H18ClN3OS. The van der Waals surface area contributed by atoms with Crippen LogP contribution in [0.1, 0.15) is 26.2 Å². The lowest BCUT2D eigenvalue weighted by atomic mass is 9.90. The average molecular weight is 324 g/mol. The van der Waals surface area contributed by atoms with Crippen molar-refractivity contribution in [3.05, 3.63) is 22.7 Å². The maximum absolute atomic E-state index is 12.5. The van der Waals surface area contributed by atoms with Crippen molar-refractivity contribution in [2.24, 2.45) is 5.92 Å². The van der Waals surface area contributed by atoms with E-state index >= 15 is 0 Å². The molecule has 2 unspecified atom stereocenters. The number of piperidine rings is 1. The SMILES string of the molecule is CCC1CCNC(C(=O)Nc2c(Cl)ccc3scnc23)C1. The van der Waals surface area contributed by atoms with E-state index in [9.17, 15) is 4.79 Å². The topological polar surface area (TPSA) is 54.0 Å². The third-order valence-corrected chi connectivity index (χ3v) is 5.22. The molecule has 1 fully saturated rings. The Kier molecular flexibility index (Phi) is 4.42. The summed E-state index contributed by atoms with van der Waals surface area (Å²) in [6.07, 6.45) is 3.14. The number of nitrogens with one attached hydrogen (secondary N) is 2. The Bertz CT molecular complexity index is 657. The van der Waals surface area contributed by atoms with E-state index in [1.54, 1.807) is 22.9 Å². The Hall–Kier alpha value is -1.17. The quantitative estimate of drug-likeness (QED) is 0.906. The number of hydrogen-bond acceptors (Lipinski definition) is 4. The van der Waals surface area contributed by atoms with Gasteiger partial charge in [-0.3, -0.25) is 4.79 Å². The molecule has 1 aliphatic heterocycles. The van der Waals surface area contributed by atoms with E-state index < -0.39 is 0 Å². The molecule has 1 aliphatic rings. The van der Waals surface area contributed by atoms with Crippen LogP contribution in [-0.2, 0) is 4.79 Å². The summed E-state index contributed by atoms with van der Waals surface area (Å²) >= 11 is 7.77. The Morgan fingerprint density at radius 1 is 1.57 bits per heavy atom. The van der Waals surface area contributed by atoms with E-state index in [-0.39, 0.29) is 11.9 Å². The lowest BCUT2D eigenvalue weighted by molar-refractivity contribution is -0.119. The first-order valence-corrected chi connectivity index (χ1v) is 8.50. The molecule has 0 radical (unpaired) electrons. The van der Waals surface area contributed by atoms with Crippen molar-refractivity contribution in [2.45, 2.75) is 32.2 Å². The summed E-state index contributed by atoms with van der Waals surface area (Å²) in [6, 6.07) is 3.59. The number of fused-ring (bicyclic) bond motifs is 1. The molecule has 0 bridgehead atoms. The number of amides is 1. The lowest BCUT2D eigenvalue weighted by Gasteiger charge is -2.28. The number of anilines is 1. The highest BCUT2D eigenvalue weighted by atomic mass is 35.5. The smallest absolute Gasteiger partial charge is 0.241 e. The number of carbonyl (C=O) groups excluding carboxylic acids is 1. The maximum Gasteiger partial charge on any atom is 0.241 e. The second-order valence-electron chi connectivity index (χ2n) is 5.42. The summed E-state index contributed by atoms with van der Waals surface area (Å²) in [5.41, 5.74) is 3.16. The number of carbonyl (C=O) groups is 1. The van der Waals surface area contributed by atoms with Crippen LogP contribution in [0.3, 0.4) is 0 Å². The van der Waals surface area contributed by atoms with Gasteiger partial charge in [-0.05, 0) is 37.4 Å². The number of hydrogen-bond donors (Lipinski definition) is 2. The van der Waals surface area contributed by atoms with Gasteiger partial charge in [0.15, 0.2) is 0 Å². The van der Waals surface area contributed by atoms with Crippen LogP contribution in [0.15, 0.2) is 17.6 Å². The van der Waals surface area contributed by atoms with E-state index in [0.717, 1.165) is 36.0 Å². The van der Waals surface area contributed by atoms with Crippen molar-refractivity contribution in [3.63, 3.8) is 0 Å². The molecule has 1 aromatic carbocycles. The Labute approximate surface area is 132 Å². The first-order chi connectivity index (χ1) is 10.2. The van der Waals surface area contributed by atoms with Crippen molar-refractivity contribution >= 4 is 44.7 Å². The van der Waals surface area contributed by atoms with Gasteiger partial charge in [0.25, 0.3) is 0 Å². The first kappa shape index (κ1) is 14.8. The molecular weight excluding hydrogens is 306 g/mol. The Balaban J connectivity index is 1.80. The van der Waals surface area contributed by atoms with Gasteiger partial charge < -0.3 is 10.6 Å². The van der Waals surface area contributed by atoms with Gasteiger partial charge in [0, 0.05) is 0 Å². The highest BCUT2D eigenvalue weighted by Crippen LogP contribution is 2.32. The van der Waals surface area contributed by atoms with Crippen molar-refractivity contribution in [3.8, 4) is 0 Å². The lowest BCUT2D eigenvalue weighted by Crippen LogP contribution is -2.46. The minimum absolute atomic E-state index is 0.0180. The van der Waals surface area contributed by atoms with Gasteiger partial charge in [-0.25, -0.2) is 4.98 Å². The molecule has 1 amide bonds. The zero-order valence-corrected chi connectivity index (χ0v) is 13.4. The summed E-state index contributed by atoms with van der Waals surface area (Å²) in [7, 11) is 0. The fourth-order valence-corrected chi connectivity index (χ4v) is 3.69. The summed E-state index contributed by atoms with van der Waals surface area (Å²) in [4.78, 5) is 16.8. The van der Waals surface area contributed by atoms with Gasteiger partial charge in [-0.2, -0.15) is 0 Å². The van der Waals surface area contributed by atoms with Crippen LogP contribution in [0.25, 0.3) is 10.2 Å². The number of nitrogens with zero attached hydrogens (tertiary/aromatic N) is 1. The number of aromatic nitrogens is 1. The molecule has 2 N–H and O–H groups in total. The monoisotopic (exact) mass is 323 g/mol. The fraction of sp³-hybridized carbons (Fsp3) is 0.467. The summed E-state index contributed by atoms with van der Waals surface area (Å²) < 4.78 is 1.03. The van der Waals surface area contributed by atoms with E-state index in [0.29, 0.717) is 16.6 Å².